The van der Waals surface area contributed by atoms with Crippen LogP contribution >= 0.6 is 0 Å². The van der Waals surface area contributed by atoms with Gasteiger partial charge in [-0.05, 0) is 22.6 Å². The molecular formula is C17H15N3O6. The number of carbonyl (C=O) groups excluding carboxylic acids is 2. The van der Waals surface area contributed by atoms with Gasteiger partial charge in [0.15, 0.2) is 17.3 Å². The van der Waals surface area contributed by atoms with E-state index in [0.29, 0.717) is 29.1 Å². The second kappa shape index (κ2) is 6.43. The van der Waals surface area contributed by atoms with Crippen molar-refractivity contribution in [2.24, 2.45) is 7.05 Å². The van der Waals surface area contributed by atoms with Crippen LogP contribution in [0.1, 0.15) is 28.7 Å². The number of hydrogen-bond acceptors (Lipinski definition) is 7. The molecule has 0 amide bonds. The number of aromatic nitrogens is 2. The first-order valence-corrected chi connectivity index (χ1v) is 7.62. The Bertz CT molecular complexity index is 973. The predicted molar refractivity (Wildman–Crippen MR) is 90.2 cm³/mol. The lowest BCUT2D eigenvalue weighted by molar-refractivity contribution is -0.391. The zero-order chi connectivity index (χ0) is 19.0. The second-order valence-electron chi connectivity index (χ2n) is 5.72. The van der Waals surface area contributed by atoms with E-state index in [1.165, 1.54) is 37.8 Å². The number of imidazole rings is 1. The maximum Gasteiger partial charge on any atom is 0.342 e. The Labute approximate surface area is 148 Å². The molecule has 0 N–H and O–H groups in total. The third-order valence-corrected chi connectivity index (χ3v) is 4.05. The van der Waals surface area contributed by atoms with E-state index < -0.39 is 10.9 Å². The zero-order valence-corrected chi connectivity index (χ0v) is 14.3. The molecule has 0 unspecified atom stereocenters. The fraction of sp³-hybridized carbons (Fsp3) is 0.235. The van der Waals surface area contributed by atoms with Crippen LogP contribution in [-0.2, 0) is 18.3 Å². The van der Waals surface area contributed by atoms with Crippen molar-refractivity contribution >= 4 is 23.6 Å². The molecule has 3 rings (SSSR count). The van der Waals surface area contributed by atoms with Gasteiger partial charge in [-0.15, -0.1) is 0 Å². The number of allylic oxidation sites excluding steroid dienone is 1. The summed E-state index contributed by atoms with van der Waals surface area (Å²) in [6.45, 7) is 1.26. The highest BCUT2D eigenvalue weighted by atomic mass is 16.6. The van der Waals surface area contributed by atoms with E-state index in [-0.39, 0.29) is 17.4 Å². The SMILES string of the molecule is COc1cc2c(cc1OC(C)=O)C(=O)C(=Cc1ncc([N+](=O)[O-])n1C)C2. The Hall–Kier alpha value is -3.49. The minimum absolute atomic E-state index is 0.168. The molecule has 0 saturated carbocycles. The highest BCUT2D eigenvalue weighted by Crippen LogP contribution is 2.37. The quantitative estimate of drug-likeness (QED) is 0.271. The number of carbonyl (C=O) groups is 2. The minimum atomic E-state index is -0.545. The van der Waals surface area contributed by atoms with Gasteiger partial charge in [-0.3, -0.25) is 9.59 Å². The maximum atomic E-state index is 12.7. The smallest absolute Gasteiger partial charge is 0.342 e. The Kier molecular flexibility index (Phi) is 4.29. The molecule has 1 heterocycles. The third kappa shape index (κ3) is 2.94. The minimum Gasteiger partial charge on any atom is -0.493 e. The van der Waals surface area contributed by atoms with Crippen molar-refractivity contribution < 1.29 is 24.0 Å². The average Bonchev–Trinajstić information content (AvgIpc) is 3.08. The molecule has 2 aromatic rings. The van der Waals surface area contributed by atoms with Crippen LogP contribution in [0.4, 0.5) is 5.82 Å². The molecule has 0 radical (unpaired) electrons. The van der Waals surface area contributed by atoms with Gasteiger partial charge in [0.05, 0.1) is 14.2 Å². The summed E-state index contributed by atoms with van der Waals surface area (Å²) in [5, 5.41) is 10.9. The standard InChI is InChI=1S/C17H15N3O6/c1-9(21)26-14-7-12-10(5-13(14)25-3)4-11(17(12)22)6-15-18-8-16(19(15)2)20(23)24/h5-8H,4H2,1-3H3. The fourth-order valence-corrected chi connectivity index (χ4v) is 2.80. The van der Waals surface area contributed by atoms with Crippen molar-refractivity contribution in [1.82, 2.24) is 9.55 Å². The number of ketones is 1. The number of nitro groups is 1. The van der Waals surface area contributed by atoms with Crippen LogP contribution < -0.4 is 9.47 Å². The van der Waals surface area contributed by atoms with Crippen molar-refractivity contribution in [2.45, 2.75) is 13.3 Å². The van der Waals surface area contributed by atoms with Crippen molar-refractivity contribution in [3.8, 4) is 11.5 Å². The highest BCUT2D eigenvalue weighted by molar-refractivity contribution is 6.15. The normalized spacial score (nSPS) is 14.4. The van der Waals surface area contributed by atoms with Crippen LogP contribution in [0.3, 0.4) is 0 Å². The van der Waals surface area contributed by atoms with Gasteiger partial charge in [-0.1, -0.05) is 0 Å². The first kappa shape index (κ1) is 17.3. The molecule has 9 nitrogen and oxygen atoms in total. The topological polar surface area (TPSA) is 114 Å². The van der Waals surface area contributed by atoms with Crippen LogP contribution in [-0.4, -0.2) is 33.3 Å². The Morgan fingerprint density at radius 1 is 1.38 bits per heavy atom. The average molecular weight is 357 g/mol. The van der Waals surface area contributed by atoms with Gasteiger partial charge in [0, 0.05) is 30.6 Å². The van der Waals surface area contributed by atoms with Crippen molar-refractivity contribution in [3.05, 3.63) is 51.0 Å². The van der Waals surface area contributed by atoms with Gasteiger partial charge in [0.1, 0.15) is 6.20 Å². The number of esters is 1. The molecule has 1 aliphatic rings. The van der Waals surface area contributed by atoms with Crippen LogP contribution in [0.2, 0.25) is 0 Å². The molecule has 9 heteroatoms. The molecule has 1 aliphatic carbocycles. The first-order chi connectivity index (χ1) is 12.3. The van der Waals surface area contributed by atoms with E-state index in [4.69, 9.17) is 9.47 Å². The molecule has 26 heavy (non-hydrogen) atoms. The number of ether oxygens (including phenoxy) is 2. The lowest BCUT2D eigenvalue weighted by atomic mass is 10.1. The molecule has 134 valence electrons. The van der Waals surface area contributed by atoms with E-state index in [2.05, 4.69) is 4.98 Å². The highest BCUT2D eigenvalue weighted by Gasteiger charge is 2.29. The van der Waals surface area contributed by atoms with Gasteiger partial charge in [0.25, 0.3) is 0 Å². The van der Waals surface area contributed by atoms with Gasteiger partial charge in [-0.25, -0.2) is 9.55 Å². The molecule has 0 fully saturated rings. The summed E-state index contributed by atoms with van der Waals surface area (Å²) in [7, 11) is 2.95. The van der Waals surface area contributed by atoms with E-state index in [1.807, 2.05) is 0 Å². The lowest BCUT2D eigenvalue weighted by Gasteiger charge is -2.09. The molecule has 0 aliphatic heterocycles. The van der Waals surface area contributed by atoms with Crippen molar-refractivity contribution in [3.63, 3.8) is 0 Å². The molecule has 1 aromatic carbocycles. The number of rotatable bonds is 4. The fourth-order valence-electron chi connectivity index (χ4n) is 2.80. The largest absolute Gasteiger partial charge is 0.493 e. The van der Waals surface area contributed by atoms with E-state index >= 15 is 0 Å². The Morgan fingerprint density at radius 3 is 2.69 bits per heavy atom. The summed E-state index contributed by atoms with van der Waals surface area (Å²) in [5.41, 5.74) is 1.56. The first-order valence-electron chi connectivity index (χ1n) is 7.62. The van der Waals surface area contributed by atoms with Crippen molar-refractivity contribution in [2.75, 3.05) is 7.11 Å². The molecule has 0 saturated heterocycles. The summed E-state index contributed by atoms with van der Waals surface area (Å²) in [5.74, 6) is -0.119. The molecule has 0 spiro atoms. The summed E-state index contributed by atoms with van der Waals surface area (Å²) < 4.78 is 11.6. The van der Waals surface area contributed by atoms with Gasteiger partial charge in [0.2, 0.25) is 5.82 Å². The summed E-state index contributed by atoms with van der Waals surface area (Å²) in [4.78, 5) is 38.2. The van der Waals surface area contributed by atoms with E-state index in [9.17, 15) is 19.7 Å². The third-order valence-electron chi connectivity index (χ3n) is 4.05. The molecule has 0 atom stereocenters. The van der Waals surface area contributed by atoms with Gasteiger partial charge >= 0.3 is 11.8 Å². The Balaban J connectivity index is 1.99. The van der Waals surface area contributed by atoms with Crippen LogP contribution in [0.5, 0.6) is 11.5 Å². The van der Waals surface area contributed by atoms with Gasteiger partial charge in [-0.2, -0.15) is 0 Å². The monoisotopic (exact) mass is 357 g/mol. The number of Topliss-reactive ketones (excluding diaryl/α,β-unsaturated/α-hetero) is 1. The summed E-state index contributed by atoms with van der Waals surface area (Å²) >= 11 is 0. The van der Waals surface area contributed by atoms with Crippen LogP contribution in [0, 0.1) is 10.1 Å². The van der Waals surface area contributed by atoms with Crippen LogP contribution in [0.25, 0.3) is 6.08 Å². The lowest BCUT2D eigenvalue weighted by Crippen LogP contribution is -2.05. The number of nitrogens with zero attached hydrogens (tertiary/aromatic N) is 3. The second-order valence-corrected chi connectivity index (χ2v) is 5.72. The number of fused-ring (bicyclic) bond motifs is 1. The van der Waals surface area contributed by atoms with Crippen LogP contribution in [0.15, 0.2) is 23.9 Å². The van der Waals surface area contributed by atoms with Gasteiger partial charge < -0.3 is 19.6 Å². The van der Waals surface area contributed by atoms with E-state index in [0.717, 1.165) is 11.8 Å². The number of benzene rings is 1. The zero-order valence-electron chi connectivity index (χ0n) is 14.3. The summed E-state index contributed by atoms with van der Waals surface area (Å²) in [6.07, 6.45) is 2.99. The molecular weight excluding hydrogens is 342 g/mol. The molecule has 1 aromatic heterocycles. The molecule has 0 bridgehead atoms. The predicted octanol–water partition coefficient (Wildman–Crippen LogP) is 2.08. The van der Waals surface area contributed by atoms with Crippen molar-refractivity contribution in [1.29, 1.82) is 0 Å². The van der Waals surface area contributed by atoms with E-state index in [1.54, 1.807) is 6.07 Å². The number of hydrogen-bond donors (Lipinski definition) is 0. The number of methoxy groups -OCH3 is 1. The Morgan fingerprint density at radius 2 is 2.12 bits per heavy atom. The summed E-state index contributed by atoms with van der Waals surface area (Å²) in [6, 6.07) is 3.12. The maximum absolute atomic E-state index is 12.7.